The number of hydrogen-bond acceptors (Lipinski definition) is 3. The molecule has 0 aromatic heterocycles. The molecule has 0 saturated carbocycles. The Morgan fingerprint density at radius 3 is 2.38 bits per heavy atom. The third kappa shape index (κ3) is 4.99. The molecule has 0 fully saturated rings. The van der Waals surface area contributed by atoms with Crippen LogP contribution in [0.2, 0.25) is 5.02 Å². The van der Waals surface area contributed by atoms with Crippen molar-refractivity contribution in [2.45, 2.75) is 27.2 Å². The SMILES string of the molecule is COc1cc(Cl)c(C)cc1NC(=O)CCN(C(C)=O)c1ccc(C)cc1. The van der Waals surface area contributed by atoms with Crippen LogP contribution in [0.3, 0.4) is 0 Å². The van der Waals surface area contributed by atoms with E-state index in [-0.39, 0.29) is 18.2 Å². The number of methoxy groups -OCH3 is 1. The maximum absolute atomic E-state index is 12.4. The first-order chi connectivity index (χ1) is 12.3. The maximum Gasteiger partial charge on any atom is 0.226 e. The Kier molecular flexibility index (Phi) is 6.64. The lowest BCUT2D eigenvalue weighted by atomic mass is 10.2. The summed E-state index contributed by atoms with van der Waals surface area (Å²) in [4.78, 5) is 25.9. The van der Waals surface area contributed by atoms with Gasteiger partial charge in [0.2, 0.25) is 11.8 Å². The number of carbonyl (C=O) groups excluding carboxylic acids is 2. The summed E-state index contributed by atoms with van der Waals surface area (Å²) in [6.07, 6.45) is 0.165. The molecule has 0 aliphatic heterocycles. The number of anilines is 2. The van der Waals surface area contributed by atoms with Crippen molar-refractivity contribution in [1.29, 1.82) is 0 Å². The average Bonchev–Trinajstić information content (AvgIpc) is 2.59. The molecule has 26 heavy (non-hydrogen) atoms. The third-order valence-electron chi connectivity index (χ3n) is 4.04. The Bertz CT molecular complexity index is 803. The highest BCUT2D eigenvalue weighted by Gasteiger charge is 2.15. The lowest BCUT2D eigenvalue weighted by molar-refractivity contribution is -0.117. The molecule has 2 amide bonds. The minimum absolute atomic E-state index is 0.110. The number of ether oxygens (including phenoxy) is 1. The molecule has 138 valence electrons. The normalized spacial score (nSPS) is 10.3. The monoisotopic (exact) mass is 374 g/mol. The third-order valence-corrected chi connectivity index (χ3v) is 4.45. The highest BCUT2D eigenvalue weighted by atomic mass is 35.5. The molecule has 0 unspecified atom stereocenters. The van der Waals surface area contributed by atoms with E-state index in [4.69, 9.17) is 16.3 Å². The Hall–Kier alpha value is -2.53. The summed E-state index contributed by atoms with van der Waals surface area (Å²) in [6, 6.07) is 11.1. The summed E-state index contributed by atoms with van der Waals surface area (Å²) in [6.45, 7) is 5.62. The van der Waals surface area contributed by atoms with Crippen molar-refractivity contribution < 1.29 is 14.3 Å². The summed E-state index contributed by atoms with van der Waals surface area (Å²) < 4.78 is 5.26. The van der Waals surface area contributed by atoms with Crippen LogP contribution >= 0.6 is 11.6 Å². The first-order valence-electron chi connectivity index (χ1n) is 8.30. The lowest BCUT2D eigenvalue weighted by Gasteiger charge is -2.21. The van der Waals surface area contributed by atoms with E-state index in [1.165, 1.54) is 14.0 Å². The van der Waals surface area contributed by atoms with Crippen LogP contribution in [0.4, 0.5) is 11.4 Å². The molecule has 1 N–H and O–H groups in total. The summed E-state index contributed by atoms with van der Waals surface area (Å²) >= 11 is 6.08. The van der Waals surface area contributed by atoms with Crippen LogP contribution in [-0.2, 0) is 9.59 Å². The van der Waals surface area contributed by atoms with E-state index < -0.39 is 0 Å². The molecule has 0 radical (unpaired) electrons. The molecule has 0 aliphatic carbocycles. The van der Waals surface area contributed by atoms with Crippen LogP contribution in [0.15, 0.2) is 36.4 Å². The summed E-state index contributed by atoms with van der Waals surface area (Å²) in [7, 11) is 1.52. The quantitative estimate of drug-likeness (QED) is 0.817. The minimum atomic E-state index is -0.205. The van der Waals surface area contributed by atoms with E-state index in [1.807, 2.05) is 38.1 Å². The van der Waals surface area contributed by atoms with Gasteiger partial charge in [-0.2, -0.15) is 0 Å². The molecular formula is C20H23ClN2O3. The topological polar surface area (TPSA) is 58.6 Å². The maximum atomic E-state index is 12.4. The number of nitrogens with one attached hydrogen (secondary N) is 1. The van der Waals surface area contributed by atoms with E-state index in [2.05, 4.69) is 5.32 Å². The summed E-state index contributed by atoms with van der Waals surface area (Å²) in [5.41, 5.74) is 3.29. The predicted molar refractivity (Wildman–Crippen MR) is 105 cm³/mol. The number of nitrogens with zero attached hydrogens (tertiary/aromatic N) is 1. The van der Waals surface area contributed by atoms with Crippen LogP contribution < -0.4 is 15.0 Å². The molecule has 0 aliphatic rings. The number of rotatable bonds is 6. The first kappa shape index (κ1) is 19.8. The number of carbonyl (C=O) groups is 2. The molecule has 5 nitrogen and oxygen atoms in total. The molecule has 0 saturated heterocycles. The van der Waals surface area contributed by atoms with Crippen molar-refractivity contribution in [2.24, 2.45) is 0 Å². The zero-order chi connectivity index (χ0) is 19.3. The van der Waals surface area contributed by atoms with Gasteiger partial charge >= 0.3 is 0 Å². The largest absolute Gasteiger partial charge is 0.495 e. The first-order valence-corrected chi connectivity index (χ1v) is 8.68. The second kappa shape index (κ2) is 8.72. The van der Waals surface area contributed by atoms with Gasteiger partial charge in [0, 0.05) is 36.7 Å². The van der Waals surface area contributed by atoms with Gasteiger partial charge in [-0.15, -0.1) is 0 Å². The van der Waals surface area contributed by atoms with Crippen molar-refractivity contribution in [3.8, 4) is 5.75 Å². The number of hydrogen-bond donors (Lipinski definition) is 1. The number of benzene rings is 2. The number of aryl methyl sites for hydroxylation is 2. The highest BCUT2D eigenvalue weighted by molar-refractivity contribution is 6.31. The van der Waals surface area contributed by atoms with Crippen molar-refractivity contribution in [2.75, 3.05) is 23.9 Å². The fourth-order valence-corrected chi connectivity index (χ4v) is 2.70. The van der Waals surface area contributed by atoms with Crippen molar-refractivity contribution >= 4 is 34.8 Å². The van der Waals surface area contributed by atoms with Crippen molar-refractivity contribution in [3.05, 3.63) is 52.5 Å². The van der Waals surface area contributed by atoms with Crippen LogP contribution in [0, 0.1) is 13.8 Å². The fraction of sp³-hybridized carbons (Fsp3) is 0.300. The van der Waals surface area contributed by atoms with E-state index >= 15 is 0 Å². The van der Waals surface area contributed by atoms with Crippen LogP contribution in [-0.4, -0.2) is 25.5 Å². The summed E-state index contributed by atoms with van der Waals surface area (Å²) in [5.74, 6) is 0.181. The Morgan fingerprint density at radius 1 is 1.15 bits per heavy atom. The Morgan fingerprint density at radius 2 is 1.81 bits per heavy atom. The van der Waals surface area contributed by atoms with Crippen LogP contribution in [0.1, 0.15) is 24.5 Å². The molecular weight excluding hydrogens is 352 g/mol. The van der Waals surface area contributed by atoms with E-state index in [9.17, 15) is 9.59 Å². The van der Waals surface area contributed by atoms with E-state index in [0.29, 0.717) is 23.0 Å². The Balaban J connectivity index is 2.06. The van der Waals surface area contributed by atoms with Crippen molar-refractivity contribution in [1.82, 2.24) is 0 Å². The zero-order valence-electron chi connectivity index (χ0n) is 15.4. The fourth-order valence-electron chi connectivity index (χ4n) is 2.55. The molecule has 2 aromatic carbocycles. The van der Waals surface area contributed by atoms with Gasteiger partial charge in [-0.25, -0.2) is 0 Å². The van der Waals surface area contributed by atoms with Gasteiger partial charge in [0.15, 0.2) is 0 Å². The van der Waals surface area contributed by atoms with E-state index in [0.717, 1.165) is 16.8 Å². The van der Waals surface area contributed by atoms with Gasteiger partial charge < -0.3 is 15.0 Å². The molecule has 2 aromatic rings. The van der Waals surface area contributed by atoms with Gasteiger partial charge in [0.1, 0.15) is 5.75 Å². The van der Waals surface area contributed by atoms with Gasteiger partial charge in [-0.1, -0.05) is 29.3 Å². The van der Waals surface area contributed by atoms with E-state index in [1.54, 1.807) is 17.0 Å². The molecule has 2 rings (SSSR count). The molecule has 0 atom stereocenters. The lowest BCUT2D eigenvalue weighted by Crippen LogP contribution is -2.32. The Labute approximate surface area is 158 Å². The highest BCUT2D eigenvalue weighted by Crippen LogP contribution is 2.31. The molecule has 0 heterocycles. The van der Waals surface area contributed by atoms with Gasteiger partial charge in [-0.3, -0.25) is 9.59 Å². The van der Waals surface area contributed by atoms with Crippen LogP contribution in [0.5, 0.6) is 5.75 Å². The van der Waals surface area contributed by atoms with Gasteiger partial charge in [0.05, 0.1) is 12.8 Å². The average molecular weight is 375 g/mol. The second-order valence-corrected chi connectivity index (χ2v) is 6.51. The second-order valence-electron chi connectivity index (χ2n) is 6.11. The van der Waals surface area contributed by atoms with Crippen molar-refractivity contribution in [3.63, 3.8) is 0 Å². The van der Waals surface area contributed by atoms with Gasteiger partial charge in [0.25, 0.3) is 0 Å². The smallest absolute Gasteiger partial charge is 0.226 e. The predicted octanol–water partition coefficient (Wildman–Crippen LogP) is 4.35. The zero-order valence-corrected chi connectivity index (χ0v) is 16.2. The molecule has 0 bridgehead atoms. The number of halogens is 1. The molecule has 0 spiro atoms. The van der Waals surface area contributed by atoms with Gasteiger partial charge in [-0.05, 0) is 37.6 Å². The minimum Gasteiger partial charge on any atom is -0.495 e. The van der Waals surface area contributed by atoms with Crippen LogP contribution in [0.25, 0.3) is 0 Å². The number of amides is 2. The summed E-state index contributed by atoms with van der Waals surface area (Å²) in [5, 5.41) is 3.40. The molecule has 6 heteroatoms. The standard InChI is InChI=1S/C20H23ClN2O3/c1-13-5-7-16(8-6-13)23(15(3)24)10-9-20(25)22-18-11-14(2)17(21)12-19(18)26-4/h5-8,11-12H,9-10H2,1-4H3,(H,22,25).